The van der Waals surface area contributed by atoms with Crippen LogP contribution >= 0.6 is 0 Å². The van der Waals surface area contributed by atoms with Gasteiger partial charge in [-0.1, -0.05) is 51.0 Å². The van der Waals surface area contributed by atoms with Crippen molar-refractivity contribution >= 4 is 0 Å². The standard InChI is InChI=1S/C20H27FO/c1-6-15-9-10-20(4,16(12-15)11-14(2)3)18-13-17(22-5)7-8-19(18)21/h7-9,12-14H,6,10-11H2,1-5H3. The first-order valence-corrected chi connectivity index (χ1v) is 8.14. The van der Waals surface area contributed by atoms with E-state index < -0.39 is 0 Å². The summed E-state index contributed by atoms with van der Waals surface area (Å²) in [7, 11) is 1.63. The number of methoxy groups -OCH3 is 1. The molecule has 0 bridgehead atoms. The van der Waals surface area contributed by atoms with Crippen LogP contribution in [-0.4, -0.2) is 7.11 Å². The Balaban J connectivity index is 2.51. The van der Waals surface area contributed by atoms with Crippen molar-refractivity contribution in [2.24, 2.45) is 5.92 Å². The van der Waals surface area contributed by atoms with Crippen LogP contribution in [0.1, 0.15) is 52.5 Å². The Morgan fingerprint density at radius 1 is 1.32 bits per heavy atom. The van der Waals surface area contributed by atoms with Crippen LogP contribution in [0.5, 0.6) is 5.75 Å². The highest BCUT2D eigenvalue weighted by molar-refractivity contribution is 5.46. The third-order valence-electron chi connectivity index (χ3n) is 4.65. The van der Waals surface area contributed by atoms with Gasteiger partial charge in [-0.05, 0) is 43.4 Å². The molecule has 0 saturated carbocycles. The van der Waals surface area contributed by atoms with Gasteiger partial charge in [-0.15, -0.1) is 0 Å². The fraction of sp³-hybridized carbons (Fsp3) is 0.500. The Hall–Kier alpha value is -1.57. The molecular weight excluding hydrogens is 275 g/mol. The van der Waals surface area contributed by atoms with Gasteiger partial charge in [-0.2, -0.15) is 0 Å². The van der Waals surface area contributed by atoms with Crippen molar-refractivity contribution in [1.82, 2.24) is 0 Å². The molecule has 0 spiro atoms. The third-order valence-corrected chi connectivity index (χ3v) is 4.65. The Morgan fingerprint density at radius 3 is 2.64 bits per heavy atom. The molecule has 2 rings (SSSR count). The Kier molecular flexibility index (Phi) is 5.10. The molecule has 1 nitrogen and oxygen atoms in total. The zero-order valence-corrected chi connectivity index (χ0v) is 14.4. The zero-order valence-electron chi connectivity index (χ0n) is 14.4. The maximum absolute atomic E-state index is 14.5. The number of allylic oxidation sites excluding steroid dienone is 4. The van der Waals surface area contributed by atoms with Gasteiger partial charge in [-0.25, -0.2) is 4.39 Å². The summed E-state index contributed by atoms with van der Waals surface area (Å²) in [4.78, 5) is 0. The van der Waals surface area contributed by atoms with Gasteiger partial charge in [0.05, 0.1) is 7.11 Å². The minimum atomic E-state index is -0.290. The molecule has 22 heavy (non-hydrogen) atoms. The van der Waals surface area contributed by atoms with Crippen LogP contribution in [0.4, 0.5) is 4.39 Å². The van der Waals surface area contributed by atoms with E-state index >= 15 is 0 Å². The average molecular weight is 302 g/mol. The minimum absolute atomic E-state index is 0.147. The number of halogens is 1. The highest BCUT2D eigenvalue weighted by atomic mass is 19.1. The highest BCUT2D eigenvalue weighted by Crippen LogP contribution is 2.44. The largest absolute Gasteiger partial charge is 0.497 e. The summed E-state index contributed by atoms with van der Waals surface area (Å²) in [5.74, 6) is 1.12. The molecule has 1 aromatic carbocycles. The summed E-state index contributed by atoms with van der Waals surface area (Å²) in [5.41, 5.74) is 3.14. The fourth-order valence-corrected chi connectivity index (χ4v) is 3.22. The van der Waals surface area contributed by atoms with E-state index in [1.807, 2.05) is 6.07 Å². The average Bonchev–Trinajstić information content (AvgIpc) is 2.49. The second kappa shape index (κ2) is 6.68. The Bertz CT molecular complexity index is 598. The predicted octanol–water partition coefficient (Wildman–Crippen LogP) is 5.80. The van der Waals surface area contributed by atoms with Gasteiger partial charge >= 0.3 is 0 Å². The van der Waals surface area contributed by atoms with E-state index in [-0.39, 0.29) is 11.2 Å². The molecule has 1 aromatic rings. The molecule has 0 aromatic heterocycles. The van der Waals surface area contributed by atoms with E-state index in [0.717, 1.165) is 24.8 Å². The van der Waals surface area contributed by atoms with Crippen LogP contribution in [-0.2, 0) is 5.41 Å². The van der Waals surface area contributed by atoms with Gasteiger partial charge in [-0.3, -0.25) is 0 Å². The number of hydrogen-bond donors (Lipinski definition) is 0. The number of hydrogen-bond acceptors (Lipinski definition) is 1. The fourth-order valence-electron chi connectivity index (χ4n) is 3.22. The van der Waals surface area contributed by atoms with Crippen LogP contribution < -0.4 is 4.74 Å². The number of ether oxygens (including phenoxy) is 1. The van der Waals surface area contributed by atoms with Gasteiger partial charge in [0.25, 0.3) is 0 Å². The van der Waals surface area contributed by atoms with Crippen LogP contribution in [0.15, 0.2) is 41.5 Å². The van der Waals surface area contributed by atoms with Crippen LogP contribution in [0, 0.1) is 11.7 Å². The van der Waals surface area contributed by atoms with E-state index in [1.165, 1.54) is 17.2 Å². The highest BCUT2D eigenvalue weighted by Gasteiger charge is 2.35. The molecular formula is C20H27FO. The van der Waals surface area contributed by atoms with E-state index in [1.54, 1.807) is 13.2 Å². The predicted molar refractivity (Wildman–Crippen MR) is 90.8 cm³/mol. The molecule has 1 atom stereocenters. The molecule has 0 saturated heterocycles. The van der Waals surface area contributed by atoms with E-state index in [4.69, 9.17) is 4.74 Å². The summed E-state index contributed by atoms with van der Waals surface area (Å²) in [5, 5.41) is 0. The van der Waals surface area contributed by atoms with Gasteiger partial charge in [0, 0.05) is 11.0 Å². The van der Waals surface area contributed by atoms with Crippen LogP contribution in [0.25, 0.3) is 0 Å². The first-order chi connectivity index (χ1) is 10.4. The number of rotatable bonds is 5. The lowest BCUT2D eigenvalue weighted by molar-refractivity contribution is 0.407. The van der Waals surface area contributed by atoms with Crippen molar-refractivity contribution in [3.8, 4) is 5.75 Å². The van der Waals surface area contributed by atoms with E-state index in [2.05, 4.69) is 39.8 Å². The molecule has 0 radical (unpaired) electrons. The topological polar surface area (TPSA) is 9.23 Å². The van der Waals surface area contributed by atoms with Crippen molar-refractivity contribution < 1.29 is 9.13 Å². The second-order valence-electron chi connectivity index (χ2n) is 6.78. The molecule has 0 aliphatic heterocycles. The Labute approximate surface area is 133 Å². The first-order valence-electron chi connectivity index (χ1n) is 8.14. The van der Waals surface area contributed by atoms with Crippen LogP contribution in [0.3, 0.4) is 0 Å². The zero-order chi connectivity index (χ0) is 16.3. The molecule has 1 unspecified atom stereocenters. The van der Waals surface area contributed by atoms with Crippen LogP contribution in [0.2, 0.25) is 0 Å². The van der Waals surface area contributed by atoms with Gasteiger partial charge in [0.2, 0.25) is 0 Å². The second-order valence-corrected chi connectivity index (χ2v) is 6.78. The van der Waals surface area contributed by atoms with Gasteiger partial charge in [0.1, 0.15) is 11.6 Å². The molecule has 0 heterocycles. The molecule has 0 amide bonds. The number of benzene rings is 1. The summed E-state index contributed by atoms with van der Waals surface area (Å²) in [6.07, 6.45) is 7.40. The first kappa shape index (κ1) is 16.8. The lowest BCUT2D eigenvalue weighted by atomic mass is 9.67. The van der Waals surface area contributed by atoms with Crippen molar-refractivity contribution in [2.75, 3.05) is 7.11 Å². The third kappa shape index (κ3) is 3.26. The lowest BCUT2D eigenvalue weighted by Gasteiger charge is -2.37. The molecule has 0 fully saturated rings. The lowest BCUT2D eigenvalue weighted by Crippen LogP contribution is -2.28. The molecule has 120 valence electrons. The van der Waals surface area contributed by atoms with E-state index in [0.29, 0.717) is 11.7 Å². The van der Waals surface area contributed by atoms with Crippen molar-refractivity contribution in [2.45, 2.75) is 52.4 Å². The van der Waals surface area contributed by atoms with Crippen molar-refractivity contribution in [3.63, 3.8) is 0 Å². The normalized spacial score (nSPS) is 21.6. The molecule has 2 heteroatoms. The smallest absolute Gasteiger partial charge is 0.127 e. The SMILES string of the molecule is CCC1=CCC(C)(c2cc(OC)ccc2F)C(CC(C)C)=C1. The van der Waals surface area contributed by atoms with E-state index in [9.17, 15) is 4.39 Å². The minimum Gasteiger partial charge on any atom is -0.497 e. The van der Waals surface area contributed by atoms with Gasteiger partial charge < -0.3 is 4.74 Å². The van der Waals surface area contributed by atoms with Crippen molar-refractivity contribution in [3.05, 3.63) is 52.9 Å². The summed E-state index contributed by atoms with van der Waals surface area (Å²) in [6, 6.07) is 5.06. The summed E-state index contributed by atoms with van der Waals surface area (Å²) < 4.78 is 19.8. The maximum atomic E-state index is 14.5. The Morgan fingerprint density at radius 2 is 2.05 bits per heavy atom. The summed E-state index contributed by atoms with van der Waals surface area (Å²) >= 11 is 0. The molecule has 0 N–H and O–H groups in total. The molecule has 1 aliphatic rings. The van der Waals surface area contributed by atoms with Gasteiger partial charge in [0.15, 0.2) is 0 Å². The monoisotopic (exact) mass is 302 g/mol. The maximum Gasteiger partial charge on any atom is 0.127 e. The summed E-state index contributed by atoms with van der Waals surface area (Å²) in [6.45, 7) is 8.76. The van der Waals surface area contributed by atoms with Crippen molar-refractivity contribution in [1.29, 1.82) is 0 Å². The quantitative estimate of drug-likeness (QED) is 0.667. The molecule has 1 aliphatic carbocycles.